The van der Waals surface area contributed by atoms with Crippen molar-refractivity contribution in [1.82, 2.24) is 4.98 Å². The van der Waals surface area contributed by atoms with Crippen LogP contribution in [0, 0.1) is 0 Å². The standard InChI is InChI=1S/C25H27NO2/c1-27-24-12-11-19(18-25(24)28-22-9-5-6-10-22)17-23(20-7-3-2-4-8-20)21-13-15-26-16-14-21/h2-4,7-8,11-16,18,22-23H,5-6,9-10,17H2,1H3. The average molecular weight is 373 g/mol. The molecule has 0 saturated heterocycles. The van der Waals surface area contributed by atoms with Crippen LogP contribution in [0.5, 0.6) is 11.5 Å². The molecule has 3 heteroatoms. The first-order chi connectivity index (χ1) is 13.8. The third kappa shape index (κ3) is 4.36. The molecule has 1 heterocycles. The van der Waals surface area contributed by atoms with Gasteiger partial charge in [-0.05, 0) is 73.1 Å². The van der Waals surface area contributed by atoms with Crippen LogP contribution in [0.25, 0.3) is 0 Å². The minimum Gasteiger partial charge on any atom is -0.493 e. The molecule has 1 fully saturated rings. The van der Waals surface area contributed by atoms with Gasteiger partial charge in [-0.15, -0.1) is 0 Å². The molecule has 1 aliphatic rings. The highest BCUT2D eigenvalue weighted by atomic mass is 16.5. The van der Waals surface area contributed by atoms with Crippen molar-refractivity contribution in [2.24, 2.45) is 0 Å². The van der Waals surface area contributed by atoms with Crippen molar-refractivity contribution in [1.29, 1.82) is 0 Å². The number of aromatic nitrogens is 1. The highest BCUT2D eigenvalue weighted by Crippen LogP contribution is 2.35. The van der Waals surface area contributed by atoms with Gasteiger partial charge >= 0.3 is 0 Å². The Labute approximate surface area is 167 Å². The Bertz CT molecular complexity index is 834. The van der Waals surface area contributed by atoms with Crippen LogP contribution in [-0.4, -0.2) is 18.2 Å². The Balaban J connectivity index is 1.63. The molecule has 0 aliphatic heterocycles. The van der Waals surface area contributed by atoms with Crippen LogP contribution in [-0.2, 0) is 6.42 Å². The number of pyridine rings is 1. The predicted molar refractivity (Wildman–Crippen MR) is 112 cm³/mol. The van der Waals surface area contributed by atoms with E-state index in [1.807, 2.05) is 18.5 Å². The van der Waals surface area contributed by atoms with Gasteiger partial charge in [0, 0.05) is 18.3 Å². The molecule has 0 spiro atoms. The fraction of sp³-hybridized carbons (Fsp3) is 0.320. The number of hydrogen-bond acceptors (Lipinski definition) is 3. The van der Waals surface area contributed by atoms with E-state index in [9.17, 15) is 0 Å². The Morgan fingerprint density at radius 3 is 2.32 bits per heavy atom. The second-order valence-corrected chi connectivity index (χ2v) is 7.46. The van der Waals surface area contributed by atoms with Crippen molar-refractivity contribution in [2.45, 2.75) is 44.1 Å². The molecular weight excluding hydrogens is 346 g/mol. The SMILES string of the molecule is COc1ccc(CC(c2ccccc2)c2ccncc2)cc1OC1CCCC1. The number of benzene rings is 2. The number of ether oxygens (including phenoxy) is 2. The first-order valence-corrected chi connectivity index (χ1v) is 10.1. The molecule has 0 bridgehead atoms. The topological polar surface area (TPSA) is 31.4 Å². The summed E-state index contributed by atoms with van der Waals surface area (Å²) in [5.74, 6) is 1.96. The van der Waals surface area contributed by atoms with Gasteiger partial charge in [-0.1, -0.05) is 36.4 Å². The zero-order chi connectivity index (χ0) is 19.2. The summed E-state index contributed by atoms with van der Waals surface area (Å²) < 4.78 is 11.8. The molecule has 4 rings (SSSR count). The second-order valence-electron chi connectivity index (χ2n) is 7.46. The number of rotatable bonds is 7. The third-order valence-corrected chi connectivity index (χ3v) is 5.57. The number of methoxy groups -OCH3 is 1. The molecule has 3 aromatic rings. The van der Waals surface area contributed by atoms with Gasteiger partial charge < -0.3 is 9.47 Å². The molecule has 144 valence electrons. The van der Waals surface area contributed by atoms with Crippen LogP contribution in [0.4, 0.5) is 0 Å². The molecule has 0 N–H and O–H groups in total. The molecule has 2 aromatic carbocycles. The van der Waals surface area contributed by atoms with Crippen LogP contribution in [0.15, 0.2) is 73.1 Å². The zero-order valence-corrected chi connectivity index (χ0v) is 16.4. The fourth-order valence-electron chi connectivity index (χ4n) is 4.07. The summed E-state index contributed by atoms with van der Waals surface area (Å²) in [6, 6.07) is 21.2. The summed E-state index contributed by atoms with van der Waals surface area (Å²) in [7, 11) is 1.71. The Hall–Kier alpha value is -2.81. The highest BCUT2D eigenvalue weighted by Gasteiger charge is 2.20. The first-order valence-electron chi connectivity index (χ1n) is 10.1. The molecule has 0 radical (unpaired) electrons. The number of hydrogen-bond donors (Lipinski definition) is 0. The summed E-state index contributed by atoms with van der Waals surface area (Å²) in [6.07, 6.45) is 9.74. The van der Waals surface area contributed by atoms with E-state index >= 15 is 0 Å². The van der Waals surface area contributed by atoms with Gasteiger partial charge in [0.2, 0.25) is 0 Å². The molecule has 28 heavy (non-hydrogen) atoms. The average Bonchev–Trinajstić information content (AvgIpc) is 3.26. The van der Waals surface area contributed by atoms with Gasteiger partial charge in [-0.3, -0.25) is 4.98 Å². The quantitative estimate of drug-likeness (QED) is 0.525. The molecule has 3 nitrogen and oxygen atoms in total. The second kappa shape index (κ2) is 8.92. The van der Waals surface area contributed by atoms with Gasteiger partial charge in [0.05, 0.1) is 13.2 Å². The molecule has 1 atom stereocenters. The van der Waals surface area contributed by atoms with Crippen molar-refractivity contribution >= 4 is 0 Å². The Morgan fingerprint density at radius 1 is 0.893 bits per heavy atom. The molecule has 0 amide bonds. The van der Waals surface area contributed by atoms with E-state index in [2.05, 4.69) is 59.6 Å². The van der Waals surface area contributed by atoms with Gasteiger partial charge in [0.1, 0.15) is 0 Å². The lowest BCUT2D eigenvalue weighted by Gasteiger charge is -2.20. The van der Waals surface area contributed by atoms with E-state index < -0.39 is 0 Å². The molecule has 1 aromatic heterocycles. The van der Waals surface area contributed by atoms with Crippen LogP contribution in [0.2, 0.25) is 0 Å². The Kier molecular flexibility index (Phi) is 5.91. The largest absolute Gasteiger partial charge is 0.493 e. The van der Waals surface area contributed by atoms with E-state index in [1.165, 1.54) is 29.5 Å². The maximum absolute atomic E-state index is 6.30. The van der Waals surface area contributed by atoms with Crippen molar-refractivity contribution in [3.05, 3.63) is 89.7 Å². The molecule has 1 aliphatic carbocycles. The van der Waals surface area contributed by atoms with E-state index in [1.54, 1.807) is 7.11 Å². The lowest BCUT2D eigenvalue weighted by atomic mass is 9.86. The van der Waals surface area contributed by atoms with Crippen LogP contribution in [0.1, 0.15) is 48.3 Å². The lowest BCUT2D eigenvalue weighted by molar-refractivity contribution is 0.200. The monoisotopic (exact) mass is 373 g/mol. The van der Waals surface area contributed by atoms with Crippen LogP contribution >= 0.6 is 0 Å². The fourth-order valence-corrected chi connectivity index (χ4v) is 4.07. The lowest BCUT2D eigenvalue weighted by Crippen LogP contribution is -2.12. The van der Waals surface area contributed by atoms with Crippen molar-refractivity contribution < 1.29 is 9.47 Å². The van der Waals surface area contributed by atoms with E-state index in [0.29, 0.717) is 6.10 Å². The van der Waals surface area contributed by atoms with Gasteiger partial charge in [0.25, 0.3) is 0 Å². The van der Waals surface area contributed by atoms with Gasteiger partial charge in [-0.2, -0.15) is 0 Å². The summed E-state index contributed by atoms with van der Waals surface area (Å²) >= 11 is 0. The van der Waals surface area contributed by atoms with Gasteiger partial charge in [0.15, 0.2) is 11.5 Å². The summed E-state index contributed by atoms with van der Waals surface area (Å²) in [6.45, 7) is 0. The predicted octanol–water partition coefficient (Wildman–Crippen LogP) is 5.79. The third-order valence-electron chi connectivity index (χ3n) is 5.57. The summed E-state index contributed by atoms with van der Waals surface area (Å²) in [5, 5.41) is 0. The normalized spacial score (nSPS) is 15.3. The zero-order valence-electron chi connectivity index (χ0n) is 16.4. The number of nitrogens with zero attached hydrogens (tertiary/aromatic N) is 1. The smallest absolute Gasteiger partial charge is 0.161 e. The minimum absolute atomic E-state index is 0.275. The van der Waals surface area contributed by atoms with Crippen molar-refractivity contribution in [3.63, 3.8) is 0 Å². The summed E-state index contributed by atoms with van der Waals surface area (Å²) in [5.41, 5.74) is 3.83. The maximum Gasteiger partial charge on any atom is 0.161 e. The van der Waals surface area contributed by atoms with Crippen molar-refractivity contribution in [2.75, 3.05) is 7.11 Å². The van der Waals surface area contributed by atoms with E-state index in [4.69, 9.17) is 9.47 Å². The van der Waals surface area contributed by atoms with Crippen LogP contribution < -0.4 is 9.47 Å². The van der Waals surface area contributed by atoms with E-state index in [0.717, 1.165) is 30.8 Å². The maximum atomic E-state index is 6.30. The van der Waals surface area contributed by atoms with Crippen LogP contribution in [0.3, 0.4) is 0 Å². The summed E-state index contributed by atoms with van der Waals surface area (Å²) in [4.78, 5) is 4.19. The Morgan fingerprint density at radius 2 is 1.61 bits per heavy atom. The molecule has 1 unspecified atom stereocenters. The van der Waals surface area contributed by atoms with Crippen molar-refractivity contribution in [3.8, 4) is 11.5 Å². The molecular formula is C25H27NO2. The first kappa shape index (κ1) is 18.5. The molecule has 1 saturated carbocycles. The minimum atomic E-state index is 0.275. The van der Waals surface area contributed by atoms with E-state index in [-0.39, 0.29) is 5.92 Å². The van der Waals surface area contributed by atoms with Gasteiger partial charge in [-0.25, -0.2) is 0 Å². The highest BCUT2D eigenvalue weighted by molar-refractivity contribution is 5.44.